The summed E-state index contributed by atoms with van der Waals surface area (Å²) in [5.41, 5.74) is -0.521. The van der Waals surface area contributed by atoms with Crippen molar-refractivity contribution in [2.75, 3.05) is 7.11 Å². The van der Waals surface area contributed by atoms with Crippen LogP contribution in [0.5, 0.6) is 10.8 Å². The number of ether oxygens (including phenoxy) is 2. The zero-order chi connectivity index (χ0) is 16.3. The molecule has 0 aliphatic rings. The molecule has 0 aliphatic heterocycles. The van der Waals surface area contributed by atoms with E-state index >= 15 is 0 Å². The molecule has 0 saturated heterocycles. The Balaban J connectivity index is 2.31. The number of thiophene rings is 1. The molecule has 0 unspecified atom stereocenters. The van der Waals surface area contributed by atoms with Crippen LogP contribution in [-0.2, 0) is 4.74 Å². The summed E-state index contributed by atoms with van der Waals surface area (Å²) in [7, 11) is 1.16. The third-order valence-electron chi connectivity index (χ3n) is 2.52. The van der Waals surface area contributed by atoms with E-state index in [0.717, 1.165) is 24.5 Å². The molecular weight excluding hydrogens is 316 g/mol. The molecular formula is C12H8N2O7S. The standard InChI is InChI=1S/C12H8N2O7S/c1-20-11(15)10-6-9(14(18)19)12(22-10)21-8-4-2-7(3-5-8)13(16)17/h2-6H,1H3. The van der Waals surface area contributed by atoms with E-state index < -0.39 is 15.8 Å². The van der Waals surface area contributed by atoms with Crippen LogP contribution in [0.25, 0.3) is 0 Å². The van der Waals surface area contributed by atoms with Crippen LogP contribution in [0, 0.1) is 20.2 Å². The van der Waals surface area contributed by atoms with E-state index in [-0.39, 0.29) is 27.1 Å². The molecule has 2 aromatic rings. The fourth-order valence-corrected chi connectivity index (χ4v) is 2.42. The van der Waals surface area contributed by atoms with Gasteiger partial charge in [-0.3, -0.25) is 20.2 Å². The molecule has 0 radical (unpaired) electrons. The minimum Gasteiger partial charge on any atom is -0.465 e. The third-order valence-corrected chi connectivity index (χ3v) is 3.50. The van der Waals surface area contributed by atoms with Gasteiger partial charge in [0.25, 0.3) is 10.8 Å². The van der Waals surface area contributed by atoms with Crippen molar-refractivity contribution in [3.8, 4) is 10.8 Å². The van der Waals surface area contributed by atoms with Crippen LogP contribution in [0.15, 0.2) is 30.3 Å². The van der Waals surface area contributed by atoms with Gasteiger partial charge in [0.1, 0.15) is 10.6 Å². The fourth-order valence-electron chi connectivity index (χ4n) is 1.51. The number of non-ortho nitro benzene ring substituents is 1. The highest BCUT2D eigenvalue weighted by atomic mass is 32.1. The Bertz CT molecular complexity index is 738. The van der Waals surface area contributed by atoms with Gasteiger partial charge in [-0.05, 0) is 12.1 Å². The van der Waals surface area contributed by atoms with E-state index in [2.05, 4.69) is 4.74 Å². The first-order valence-corrected chi connectivity index (χ1v) is 6.53. The zero-order valence-electron chi connectivity index (χ0n) is 11.0. The van der Waals surface area contributed by atoms with Gasteiger partial charge in [-0.15, -0.1) is 0 Å². The molecule has 22 heavy (non-hydrogen) atoms. The van der Waals surface area contributed by atoms with Gasteiger partial charge in [-0.1, -0.05) is 11.3 Å². The molecule has 10 heteroatoms. The summed E-state index contributed by atoms with van der Waals surface area (Å²) in [4.78, 5) is 31.7. The average Bonchev–Trinajstić information content (AvgIpc) is 2.91. The molecule has 0 spiro atoms. The van der Waals surface area contributed by atoms with E-state index in [4.69, 9.17) is 4.74 Å². The van der Waals surface area contributed by atoms with Crippen molar-refractivity contribution < 1.29 is 24.1 Å². The summed E-state index contributed by atoms with van der Waals surface area (Å²) in [6, 6.07) is 6.07. The van der Waals surface area contributed by atoms with Gasteiger partial charge in [-0.2, -0.15) is 0 Å². The van der Waals surface area contributed by atoms with Gasteiger partial charge < -0.3 is 9.47 Å². The number of hydrogen-bond donors (Lipinski definition) is 0. The van der Waals surface area contributed by atoms with Crippen molar-refractivity contribution >= 4 is 28.7 Å². The molecule has 0 fully saturated rings. The Labute approximate surface area is 127 Å². The summed E-state index contributed by atoms with van der Waals surface area (Å²) in [5.74, 6) is -0.543. The lowest BCUT2D eigenvalue weighted by Gasteiger charge is -2.01. The van der Waals surface area contributed by atoms with Crippen molar-refractivity contribution in [3.05, 3.63) is 55.4 Å². The maximum Gasteiger partial charge on any atom is 0.348 e. The largest absolute Gasteiger partial charge is 0.465 e. The first-order valence-electron chi connectivity index (χ1n) is 5.71. The normalized spacial score (nSPS) is 10.0. The molecule has 1 heterocycles. The highest BCUT2D eigenvalue weighted by molar-refractivity contribution is 7.16. The van der Waals surface area contributed by atoms with Crippen LogP contribution in [0.3, 0.4) is 0 Å². The number of nitro benzene ring substituents is 1. The summed E-state index contributed by atoms with van der Waals surface area (Å²) in [5, 5.41) is 21.4. The Kier molecular flexibility index (Phi) is 4.32. The Morgan fingerprint density at radius 2 is 1.77 bits per heavy atom. The quantitative estimate of drug-likeness (QED) is 0.470. The first kappa shape index (κ1) is 15.4. The number of rotatable bonds is 5. The molecule has 114 valence electrons. The second-order valence-corrected chi connectivity index (χ2v) is 4.90. The second-order valence-electron chi connectivity index (χ2n) is 3.89. The lowest BCUT2D eigenvalue weighted by molar-refractivity contribution is -0.385. The molecule has 1 aromatic heterocycles. The zero-order valence-corrected chi connectivity index (χ0v) is 11.9. The van der Waals surface area contributed by atoms with Gasteiger partial charge in [0.2, 0.25) is 0 Å². The van der Waals surface area contributed by atoms with Gasteiger partial charge in [0.05, 0.1) is 17.0 Å². The molecule has 9 nitrogen and oxygen atoms in total. The first-order chi connectivity index (χ1) is 10.4. The Hall–Kier alpha value is -3.01. The van der Waals surface area contributed by atoms with Crippen molar-refractivity contribution in [3.63, 3.8) is 0 Å². The van der Waals surface area contributed by atoms with Crippen LogP contribution in [0.4, 0.5) is 11.4 Å². The lowest BCUT2D eigenvalue weighted by Crippen LogP contribution is -1.97. The molecule has 2 rings (SSSR count). The predicted molar refractivity (Wildman–Crippen MR) is 75.5 cm³/mol. The highest BCUT2D eigenvalue weighted by Gasteiger charge is 2.25. The van der Waals surface area contributed by atoms with Crippen molar-refractivity contribution in [2.24, 2.45) is 0 Å². The van der Waals surface area contributed by atoms with Crippen LogP contribution in [0.1, 0.15) is 9.67 Å². The van der Waals surface area contributed by atoms with Crippen LogP contribution in [-0.4, -0.2) is 22.9 Å². The number of nitrogens with zero attached hydrogens (tertiary/aromatic N) is 2. The number of benzene rings is 1. The number of methoxy groups -OCH3 is 1. The summed E-state index contributed by atoms with van der Waals surface area (Å²) in [6.07, 6.45) is 0. The second kappa shape index (κ2) is 6.18. The van der Waals surface area contributed by atoms with Crippen molar-refractivity contribution in [1.82, 2.24) is 0 Å². The van der Waals surface area contributed by atoms with Crippen LogP contribution >= 0.6 is 11.3 Å². The Morgan fingerprint density at radius 1 is 1.14 bits per heavy atom. The smallest absolute Gasteiger partial charge is 0.348 e. The van der Waals surface area contributed by atoms with Crippen LogP contribution in [0.2, 0.25) is 0 Å². The van der Waals surface area contributed by atoms with Gasteiger partial charge in [0, 0.05) is 18.2 Å². The summed E-state index contributed by atoms with van der Waals surface area (Å²) >= 11 is 0.754. The molecule has 0 atom stereocenters. The number of hydrogen-bond acceptors (Lipinski definition) is 8. The van der Waals surface area contributed by atoms with E-state index in [1.165, 1.54) is 24.3 Å². The highest BCUT2D eigenvalue weighted by Crippen LogP contribution is 2.40. The molecule has 0 amide bonds. The predicted octanol–water partition coefficient (Wildman–Crippen LogP) is 3.14. The summed E-state index contributed by atoms with van der Waals surface area (Å²) in [6.45, 7) is 0. The van der Waals surface area contributed by atoms with E-state index in [1.54, 1.807) is 0 Å². The van der Waals surface area contributed by atoms with E-state index in [0.29, 0.717) is 0 Å². The third kappa shape index (κ3) is 3.17. The molecule has 0 bridgehead atoms. The van der Waals surface area contributed by atoms with Crippen LogP contribution < -0.4 is 4.74 Å². The van der Waals surface area contributed by atoms with Crippen molar-refractivity contribution in [1.29, 1.82) is 0 Å². The minimum atomic E-state index is -0.716. The van der Waals surface area contributed by atoms with E-state index in [1.807, 2.05) is 0 Å². The van der Waals surface area contributed by atoms with Gasteiger partial charge >= 0.3 is 11.7 Å². The number of esters is 1. The number of carbonyl (C=O) groups excluding carboxylic acids is 1. The molecule has 0 saturated carbocycles. The summed E-state index contributed by atoms with van der Waals surface area (Å²) < 4.78 is 9.82. The monoisotopic (exact) mass is 324 g/mol. The van der Waals surface area contributed by atoms with E-state index in [9.17, 15) is 25.0 Å². The number of carbonyl (C=O) groups is 1. The topological polar surface area (TPSA) is 122 Å². The fraction of sp³-hybridized carbons (Fsp3) is 0.0833. The maximum atomic E-state index is 11.4. The molecule has 0 aliphatic carbocycles. The molecule has 0 N–H and O–H groups in total. The van der Waals surface area contributed by atoms with Crippen molar-refractivity contribution in [2.45, 2.75) is 0 Å². The lowest BCUT2D eigenvalue weighted by atomic mass is 10.3. The van der Waals surface area contributed by atoms with Gasteiger partial charge in [-0.25, -0.2) is 4.79 Å². The number of nitro groups is 2. The molecule has 1 aromatic carbocycles. The SMILES string of the molecule is COC(=O)c1cc([N+](=O)[O-])c(Oc2ccc([N+](=O)[O-])cc2)s1. The van der Waals surface area contributed by atoms with Gasteiger partial charge in [0.15, 0.2) is 0 Å². The minimum absolute atomic E-state index is 0.0195. The Morgan fingerprint density at radius 3 is 2.27 bits per heavy atom. The average molecular weight is 324 g/mol. The maximum absolute atomic E-state index is 11.4.